The molecule has 0 aliphatic carbocycles. The van der Waals surface area contributed by atoms with Crippen LogP contribution in [-0.4, -0.2) is 43.0 Å². The van der Waals surface area contributed by atoms with Crippen LogP contribution in [0, 0.1) is 0 Å². The van der Waals surface area contributed by atoms with E-state index in [-0.39, 0.29) is 18.1 Å². The number of hydrogen-bond donors (Lipinski definition) is 2. The van der Waals surface area contributed by atoms with Crippen LogP contribution in [-0.2, 0) is 6.54 Å². The molecule has 0 amide bonds. The van der Waals surface area contributed by atoms with Gasteiger partial charge in [-0.3, -0.25) is 0 Å². The van der Waals surface area contributed by atoms with Crippen molar-refractivity contribution < 1.29 is 14.6 Å². The molecular formula is C14H22N2O3. The van der Waals surface area contributed by atoms with Crippen molar-refractivity contribution in [1.29, 1.82) is 0 Å². The summed E-state index contributed by atoms with van der Waals surface area (Å²) in [7, 11) is 4.11. The third-order valence-corrected chi connectivity index (χ3v) is 3.66. The Morgan fingerprint density at radius 3 is 2.53 bits per heavy atom. The minimum Gasteiger partial charge on any atom is -0.507 e. The summed E-state index contributed by atoms with van der Waals surface area (Å²) in [6, 6.07) is 3.43. The number of aromatic hydroxyl groups is 1. The molecule has 0 radical (unpaired) electrons. The average Bonchev–Trinajstić information content (AvgIpc) is 2.75. The van der Waals surface area contributed by atoms with Gasteiger partial charge in [0.05, 0.1) is 0 Å². The molecule has 5 heteroatoms. The molecule has 1 aliphatic heterocycles. The van der Waals surface area contributed by atoms with Crippen molar-refractivity contribution in [3.63, 3.8) is 0 Å². The number of ether oxygens (including phenoxy) is 2. The maximum atomic E-state index is 9.93. The van der Waals surface area contributed by atoms with E-state index in [4.69, 9.17) is 9.47 Å². The van der Waals surface area contributed by atoms with Crippen LogP contribution in [0.1, 0.15) is 19.4 Å². The van der Waals surface area contributed by atoms with Crippen LogP contribution < -0.4 is 14.8 Å². The van der Waals surface area contributed by atoms with Gasteiger partial charge in [-0.05, 0) is 34.0 Å². The summed E-state index contributed by atoms with van der Waals surface area (Å²) in [5.74, 6) is 1.54. The Labute approximate surface area is 114 Å². The smallest absolute Gasteiger partial charge is 0.231 e. The van der Waals surface area contributed by atoms with Crippen LogP contribution in [0.5, 0.6) is 17.2 Å². The summed E-state index contributed by atoms with van der Waals surface area (Å²) in [6.07, 6.45) is 0. The first-order valence-electron chi connectivity index (χ1n) is 6.40. The number of rotatable bonds is 5. The van der Waals surface area contributed by atoms with Gasteiger partial charge >= 0.3 is 0 Å². The topological polar surface area (TPSA) is 54.0 Å². The lowest BCUT2D eigenvalue weighted by molar-refractivity contribution is 0.174. The standard InChI is InChI=1S/C14H22N2O3/c1-14(2,16(3)4)8-15-7-10-5-12-13(6-11(10)17)19-9-18-12/h5-6,15,17H,7-9H2,1-4H3. The molecule has 0 saturated heterocycles. The molecule has 0 aromatic heterocycles. The Kier molecular flexibility index (Phi) is 3.87. The number of nitrogens with zero attached hydrogens (tertiary/aromatic N) is 1. The molecule has 0 atom stereocenters. The minimum absolute atomic E-state index is 0.0615. The van der Waals surface area contributed by atoms with Crippen LogP contribution in [0.3, 0.4) is 0 Å². The molecule has 2 N–H and O–H groups in total. The van der Waals surface area contributed by atoms with E-state index in [1.807, 2.05) is 6.07 Å². The van der Waals surface area contributed by atoms with Gasteiger partial charge in [0.1, 0.15) is 5.75 Å². The van der Waals surface area contributed by atoms with Crippen molar-refractivity contribution in [3.8, 4) is 17.2 Å². The Hall–Kier alpha value is -1.46. The Morgan fingerprint density at radius 2 is 1.89 bits per heavy atom. The molecule has 2 rings (SSSR count). The van der Waals surface area contributed by atoms with Crippen molar-refractivity contribution >= 4 is 0 Å². The van der Waals surface area contributed by atoms with Gasteiger partial charge < -0.3 is 24.8 Å². The van der Waals surface area contributed by atoms with Crippen LogP contribution in [0.4, 0.5) is 0 Å². The van der Waals surface area contributed by atoms with Crippen LogP contribution in [0.15, 0.2) is 12.1 Å². The number of benzene rings is 1. The highest BCUT2D eigenvalue weighted by atomic mass is 16.7. The zero-order valence-corrected chi connectivity index (χ0v) is 12.0. The van der Waals surface area contributed by atoms with Gasteiger partial charge in [-0.2, -0.15) is 0 Å². The number of phenols is 1. The average molecular weight is 266 g/mol. The molecule has 0 saturated carbocycles. The highest BCUT2D eigenvalue weighted by Crippen LogP contribution is 2.37. The van der Waals surface area contributed by atoms with Crippen molar-refractivity contribution in [2.45, 2.75) is 25.9 Å². The third kappa shape index (κ3) is 3.11. The van der Waals surface area contributed by atoms with Crippen molar-refractivity contribution in [2.24, 2.45) is 0 Å². The number of phenolic OH excluding ortho intramolecular Hbond substituents is 1. The van der Waals surface area contributed by atoms with Crippen molar-refractivity contribution in [3.05, 3.63) is 17.7 Å². The number of hydrogen-bond acceptors (Lipinski definition) is 5. The Balaban J connectivity index is 1.97. The molecule has 0 fully saturated rings. The molecule has 0 spiro atoms. The summed E-state index contributed by atoms with van der Waals surface area (Å²) in [5, 5.41) is 13.3. The Morgan fingerprint density at radius 1 is 1.26 bits per heavy atom. The lowest BCUT2D eigenvalue weighted by Crippen LogP contribution is -2.46. The molecule has 5 nitrogen and oxygen atoms in total. The third-order valence-electron chi connectivity index (χ3n) is 3.66. The zero-order chi connectivity index (χ0) is 14.0. The van der Waals surface area contributed by atoms with Gasteiger partial charge in [-0.15, -0.1) is 0 Å². The van der Waals surface area contributed by atoms with E-state index in [1.54, 1.807) is 6.07 Å². The van der Waals surface area contributed by atoms with Crippen LogP contribution >= 0.6 is 0 Å². The second-order valence-electron chi connectivity index (χ2n) is 5.64. The van der Waals surface area contributed by atoms with E-state index < -0.39 is 0 Å². The van der Waals surface area contributed by atoms with Gasteiger partial charge in [0.2, 0.25) is 6.79 Å². The first kappa shape index (κ1) is 14.0. The molecule has 1 aliphatic rings. The minimum atomic E-state index is 0.0615. The fraction of sp³-hybridized carbons (Fsp3) is 0.571. The Bertz CT molecular complexity index is 458. The molecule has 1 heterocycles. The van der Waals surface area contributed by atoms with Crippen LogP contribution in [0.2, 0.25) is 0 Å². The molecule has 0 unspecified atom stereocenters. The predicted octanol–water partition coefficient (Wildman–Crippen LogP) is 1.55. The number of fused-ring (bicyclic) bond motifs is 1. The van der Waals surface area contributed by atoms with Gasteiger partial charge in [-0.25, -0.2) is 0 Å². The van der Waals surface area contributed by atoms with E-state index in [9.17, 15) is 5.11 Å². The monoisotopic (exact) mass is 266 g/mol. The normalized spacial score (nSPS) is 14.2. The molecule has 1 aromatic carbocycles. The van der Waals surface area contributed by atoms with Crippen molar-refractivity contribution in [1.82, 2.24) is 10.2 Å². The van der Waals surface area contributed by atoms with E-state index in [0.29, 0.717) is 18.0 Å². The quantitative estimate of drug-likeness (QED) is 0.847. The molecule has 106 valence electrons. The van der Waals surface area contributed by atoms with Gasteiger partial charge in [0, 0.05) is 30.3 Å². The molecular weight excluding hydrogens is 244 g/mol. The van der Waals surface area contributed by atoms with E-state index in [2.05, 4.69) is 38.2 Å². The zero-order valence-electron chi connectivity index (χ0n) is 12.0. The fourth-order valence-electron chi connectivity index (χ4n) is 1.78. The molecule has 1 aromatic rings. The summed E-state index contributed by atoms with van der Waals surface area (Å²) in [4.78, 5) is 2.17. The maximum absolute atomic E-state index is 9.93. The summed E-state index contributed by atoms with van der Waals surface area (Å²) in [6.45, 7) is 5.98. The lowest BCUT2D eigenvalue weighted by atomic mass is 10.0. The molecule has 0 bridgehead atoms. The highest BCUT2D eigenvalue weighted by molar-refractivity contribution is 5.51. The summed E-state index contributed by atoms with van der Waals surface area (Å²) in [5.41, 5.74) is 0.880. The first-order valence-corrected chi connectivity index (χ1v) is 6.40. The predicted molar refractivity (Wildman–Crippen MR) is 73.7 cm³/mol. The van der Waals surface area contributed by atoms with Crippen molar-refractivity contribution in [2.75, 3.05) is 27.4 Å². The number of likely N-dealkylation sites (N-methyl/N-ethyl adjacent to an activating group) is 1. The van der Waals surface area contributed by atoms with Gasteiger partial charge in [0.25, 0.3) is 0 Å². The fourth-order valence-corrected chi connectivity index (χ4v) is 1.78. The second-order valence-corrected chi connectivity index (χ2v) is 5.64. The lowest BCUT2D eigenvalue weighted by Gasteiger charge is -2.32. The first-order chi connectivity index (χ1) is 8.90. The van der Waals surface area contributed by atoms with Crippen LogP contribution in [0.25, 0.3) is 0 Å². The van der Waals surface area contributed by atoms with Gasteiger partial charge in [0.15, 0.2) is 11.5 Å². The maximum Gasteiger partial charge on any atom is 0.231 e. The summed E-state index contributed by atoms with van der Waals surface area (Å²) < 4.78 is 10.5. The summed E-state index contributed by atoms with van der Waals surface area (Å²) >= 11 is 0. The molecule has 19 heavy (non-hydrogen) atoms. The van der Waals surface area contributed by atoms with Gasteiger partial charge in [-0.1, -0.05) is 0 Å². The van der Waals surface area contributed by atoms with E-state index >= 15 is 0 Å². The largest absolute Gasteiger partial charge is 0.507 e. The SMILES string of the molecule is CN(C)C(C)(C)CNCc1cc2c(cc1O)OCO2. The van der Waals surface area contributed by atoms with E-state index in [0.717, 1.165) is 12.1 Å². The number of nitrogens with one attached hydrogen (secondary N) is 1. The second kappa shape index (κ2) is 5.27. The highest BCUT2D eigenvalue weighted by Gasteiger charge is 2.21. The van der Waals surface area contributed by atoms with E-state index in [1.165, 1.54) is 0 Å².